The molecule has 41 heavy (non-hydrogen) atoms. The van der Waals surface area contributed by atoms with Gasteiger partial charge in [0.2, 0.25) is 10.0 Å². The molecule has 2 aliphatic carbocycles. The van der Waals surface area contributed by atoms with E-state index in [-0.39, 0.29) is 23.3 Å². The zero-order valence-corrected chi connectivity index (χ0v) is 25.1. The molecule has 8 nitrogen and oxygen atoms in total. The highest BCUT2D eigenvalue weighted by Gasteiger charge is 2.49. The van der Waals surface area contributed by atoms with Crippen LogP contribution in [-0.4, -0.2) is 55.7 Å². The quantitative estimate of drug-likeness (QED) is 0.366. The van der Waals surface area contributed by atoms with Gasteiger partial charge in [-0.15, -0.1) is 0 Å². The maximum Gasteiger partial charge on any atom is 0.335 e. The topological polar surface area (TPSA) is 130 Å². The number of halogens is 1. The summed E-state index contributed by atoms with van der Waals surface area (Å²) in [5.74, 6) is -0.207. The molecule has 3 aliphatic rings. The van der Waals surface area contributed by atoms with Gasteiger partial charge in [0.15, 0.2) is 0 Å². The number of nitrogens with zero attached hydrogens (tertiary/aromatic N) is 1. The monoisotopic (exact) mass is 602 g/mol. The molecule has 0 bridgehead atoms. The van der Waals surface area contributed by atoms with Crippen LogP contribution >= 0.6 is 11.6 Å². The van der Waals surface area contributed by atoms with E-state index in [4.69, 9.17) is 21.5 Å². The molecule has 0 aromatic heterocycles. The number of anilines is 1. The van der Waals surface area contributed by atoms with Gasteiger partial charge < -0.3 is 19.8 Å². The lowest BCUT2D eigenvalue weighted by Crippen LogP contribution is -2.53. The number of carboxylic acid groups (broad SMARTS) is 1. The summed E-state index contributed by atoms with van der Waals surface area (Å²) in [4.78, 5) is 14.2. The van der Waals surface area contributed by atoms with Crippen LogP contribution in [0.2, 0.25) is 5.02 Å². The zero-order valence-electron chi connectivity index (χ0n) is 23.6. The molecule has 10 heteroatoms. The van der Waals surface area contributed by atoms with Crippen molar-refractivity contribution in [1.29, 1.82) is 0 Å². The first-order chi connectivity index (χ1) is 19.3. The number of aromatic carboxylic acids is 1. The number of nitrogens with two attached hydrogens (primary N) is 1. The summed E-state index contributed by atoms with van der Waals surface area (Å²) in [5, 5.41) is 26.2. The summed E-state index contributed by atoms with van der Waals surface area (Å²) in [7, 11) is -3.64. The molecular formula is C31H39ClN2O6S. The van der Waals surface area contributed by atoms with Gasteiger partial charge in [-0.3, -0.25) is 0 Å². The number of carboxylic acids is 1. The molecule has 5 rings (SSSR count). The number of sulfonamides is 1. The smallest absolute Gasteiger partial charge is 0.335 e. The molecule has 0 saturated heterocycles. The standard InChI is InChI=1S/C31H39ClN2O6S/c1-20(41(33,38)39)5-3-7-28(35)30(2)14-12-23(30)17-34-18-31(13-4-6-21-15-24(32)9-10-25(21)31)19-40-27-11-8-22(29(36)37)16-26(27)34/h3,7-11,15-16,20,23,28,35H,4-6,12-14,17-19H2,1-2H3,(H,36,37)(H2,33,38,39)/b7-3+/t20?,23-,28?,30+,31?/m0/s1. The predicted molar refractivity (Wildman–Crippen MR) is 160 cm³/mol. The largest absolute Gasteiger partial charge is 0.490 e. The van der Waals surface area contributed by atoms with Gasteiger partial charge in [-0.25, -0.2) is 18.4 Å². The van der Waals surface area contributed by atoms with Crippen molar-refractivity contribution in [3.63, 3.8) is 0 Å². The highest BCUT2D eigenvalue weighted by Crippen LogP contribution is 2.52. The van der Waals surface area contributed by atoms with E-state index in [1.807, 2.05) is 12.1 Å². The van der Waals surface area contributed by atoms with Gasteiger partial charge >= 0.3 is 5.97 Å². The van der Waals surface area contributed by atoms with Gasteiger partial charge in [0.1, 0.15) is 5.75 Å². The first kappa shape index (κ1) is 29.9. The number of allylic oxidation sites excluding steroid dienone is 1. The molecule has 222 valence electrons. The van der Waals surface area contributed by atoms with Gasteiger partial charge in [-0.2, -0.15) is 0 Å². The SMILES string of the molecule is CC(C/C=C/C(O)[C@]1(C)CC[C@H]1CN1CC2(CCCc3cc(Cl)ccc32)COc2ccc(C(=O)O)cc21)S(N)(=O)=O. The number of rotatable bonds is 8. The average molecular weight is 603 g/mol. The van der Waals surface area contributed by atoms with Crippen molar-refractivity contribution in [1.82, 2.24) is 0 Å². The summed E-state index contributed by atoms with van der Waals surface area (Å²) in [6.07, 6.45) is 7.51. The number of fused-ring (bicyclic) bond motifs is 3. The second kappa shape index (κ2) is 11.2. The van der Waals surface area contributed by atoms with E-state index < -0.39 is 32.8 Å². The van der Waals surface area contributed by atoms with Crippen LogP contribution in [0, 0.1) is 11.3 Å². The van der Waals surface area contributed by atoms with E-state index >= 15 is 0 Å². The summed E-state index contributed by atoms with van der Waals surface area (Å²) in [6, 6.07) is 11.1. The molecule has 0 radical (unpaired) electrons. The molecule has 5 atom stereocenters. The molecule has 2 aromatic carbocycles. The molecule has 1 fully saturated rings. The fourth-order valence-corrected chi connectivity index (χ4v) is 7.33. The van der Waals surface area contributed by atoms with Crippen molar-refractivity contribution in [3.05, 3.63) is 70.3 Å². The highest BCUT2D eigenvalue weighted by molar-refractivity contribution is 7.89. The van der Waals surface area contributed by atoms with Crippen LogP contribution in [0.5, 0.6) is 5.75 Å². The van der Waals surface area contributed by atoms with Crippen molar-refractivity contribution in [2.75, 3.05) is 24.6 Å². The molecule has 3 unspecified atom stereocenters. The second-order valence-corrected chi connectivity index (χ2v) is 14.8. The van der Waals surface area contributed by atoms with E-state index in [1.165, 1.54) is 11.1 Å². The van der Waals surface area contributed by atoms with E-state index in [0.29, 0.717) is 30.5 Å². The number of hydrogen-bond donors (Lipinski definition) is 3. The molecular weight excluding hydrogens is 564 g/mol. The van der Waals surface area contributed by atoms with Crippen LogP contribution < -0.4 is 14.8 Å². The maximum absolute atomic E-state index is 11.9. The molecule has 4 N–H and O–H groups in total. The fraction of sp³-hybridized carbons (Fsp3) is 0.516. The maximum atomic E-state index is 11.9. The van der Waals surface area contributed by atoms with Crippen LogP contribution in [0.4, 0.5) is 5.69 Å². The third kappa shape index (κ3) is 5.87. The number of aliphatic hydroxyl groups excluding tert-OH is 1. The normalized spacial score (nSPS) is 27.3. The molecule has 1 heterocycles. The minimum absolute atomic E-state index is 0.127. The summed E-state index contributed by atoms with van der Waals surface area (Å²) < 4.78 is 29.6. The van der Waals surface area contributed by atoms with Crippen molar-refractivity contribution in [2.45, 2.75) is 69.1 Å². The van der Waals surface area contributed by atoms with Gasteiger partial charge in [-0.1, -0.05) is 36.7 Å². The summed E-state index contributed by atoms with van der Waals surface area (Å²) in [6.45, 7) is 5.38. The van der Waals surface area contributed by atoms with Gasteiger partial charge in [-0.05, 0) is 92.8 Å². The number of primary sulfonamides is 1. The first-order valence-corrected chi connectivity index (χ1v) is 16.2. The molecule has 1 saturated carbocycles. The number of aryl methyl sites for hydroxylation is 1. The average Bonchev–Trinajstić information content (AvgIpc) is 3.06. The van der Waals surface area contributed by atoms with E-state index in [2.05, 4.69) is 17.9 Å². The fourth-order valence-electron chi connectivity index (χ4n) is 6.76. The predicted octanol–water partition coefficient (Wildman–Crippen LogP) is 4.91. The Labute approximate surface area is 247 Å². The van der Waals surface area contributed by atoms with Gasteiger partial charge in [0, 0.05) is 28.9 Å². The van der Waals surface area contributed by atoms with E-state index in [0.717, 1.165) is 37.8 Å². The molecule has 1 spiro atoms. The number of carbonyl (C=O) groups is 1. The van der Waals surface area contributed by atoms with Crippen LogP contribution in [0.25, 0.3) is 0 Å². The first-order valence-electron chi connectivity index (χ1n) is 14.2. The number of benzene rings is 2. The van der Waals surface area contributed by atoms with Crippen molar-refractivity contribution in [2.24, 2.45) is 16.5 Å². The van der Waals surface area contributed by atoms with Crippen LogP contribution in [0.1, 0.15) is 67.4 Å². The van der Waals surface area contributed by atoms with Crippen LogP contribution in [-0.2, 0) is 21.9 Å². The summed E-state index contributed by atoms with van der Waals surface area (Å²) in [5.41, 5.74) is 2.71. The molecule has 0 amide bonds. The van der Waals surface area contributed by atoms with Crippen LogP contribution in [0.3, 0.4) is 0 Å². The number of ether oxygens (including phenoxy) is 1. The van der Waals surface area contributed by atoms with Crippen molar-refractivity contribution < 1.29 is 28.2 Å². The Bertz CT molecular complexity index is 1460. The highest BCUT2D eigenvalue weighted by atomic mass is 35.5. The number of hydrogen-bond acceptors (Lipinski definition) is 6. The third-order valence-electron chi connectivity index (χ3n) is 9.71. The molecule has 1 aliphatic heterocycles. The third-order valence-corrected chi connectivity index (χ3v) is 11.3. The second-order valence-electron chi connectivity index (χ2n) is 12.3. The van der Waals surface area contributed by atoms with Gasteiger partial charge in [0.25, 0.3) is 0 Å². The van der Waals surface area contributed by atoms with Gasteiger partial charge in [0.05, 0.1) is 29.2 Å². The Hall–Kier alpha value is -2.59. The minimum Gasteiger partial charge on any atom is -0.490 e. The Morgan fingerprint density at radius 3 is 2.73 bits per heavy atom. The Kier molecular flexibility index (Phi) is 8.20. The zero-order chi connectivity index (χ0) is 29.6. The number of aliphatic hydroxyl groups is 1. The van der Waals surface area contributed by atoms with Crippen LogP contribution in [0.15, 0.2) is 48.6 Å². The lowest BCUT2D eigenvalue weighted by molar-refractivity contribution is -0.0469. The lowest BCUT2D eigenvalue weighted by atomic mass is 9.58. The van der Waals surface area contributed by atoms with Crippen molar-refractivity contribution in [3.8, 4) is 5.75 Å². The Morgan fingerprint density at radius 2 is 2.05 bits per heavy atom. The van der Waals surface area contributed by atoms with E-state index in [9.17, 15) is 23.4 Å². The summed E-state index contributed by atoms with van der Waals surface area (Å²) >= 11 is 6.35. The minimum atomic E-state index is -3.64. The molecule has 2 aromatic rings. The van der Waals surface area contributed by atoms with Crippen molar-refractivity contribution >= 4 is 33.3 Å². The van der Waals surface area contributed by atoms with E-state index in [1.54, 1.807) is 37.3 Å². The Balaban J connectivity index is 1.45. The lowest BCUT2D eigenvalue weighted by Gasteiger charge is -2.52. The Morgan fingerprint density at radius 1 is 1.27 bits per heavy atom.